The molecule has 2 fully saturated rings. The number of hydrogen-bond donors (Lipinski definition) is 1. The van der Waals surface area contributed by atoms with E-state index in [-0.39, 0.29) is 18.2 Å². The van der Waals surface area contributed by atoms with Gasteiger partial charge in [-0.1, -0.05) is 25.3 Å². The zero-order chi connectivity index (χ0) is 25.0. The third-order valence-electron chi connectivity index (χ3n) is 6.64. The number of fused-ring (bicyclic) bond motifs is 1. The van der Waals surface area contributed by atoms with E-state index in [1.807, 2.05) is 17.0 Å². The maximum Gasteiger partial charge on any atom is 0.522 e. The van der Waals surface area contributed by atoms with Crippen LogP contribution in [0.1, 0.15) is 60.9 Å². The van der Waals surface area contributed by atoms with Crippen molar-refractivity contribution in [3.8, 4) is 0 Å². The van der Waals surface area contributed by atoms with Gasteiger partial charge < -0.3 is 4.90 Å². The number of amides is 3. The Labute approximate surface area is 206 Å². The summed E-state index contributed by atoms with van der Waals surface area (Å²) in [5, 5.41) is 2.33. The van der Waals surface area contributed by atoms with Crippen LogP contribution in [0.15, 0.2) is 23.1 Å². The molecule has 0 radical (unpaired) electrons. The van der Waals surface area contributed by atoms with Crippen molar-refractivity contribution in [2.45, 2.75) is 74.9 Å². The number of thioether (sulfide) groups is 1. The van der Waals surface area contributed by atoms with Crippen LogP contribution in [0.25, 0.3) is 0 Å². The second-order valence-corrected chi connectivity index (χ2v) is 10.4. The Morgan fingerprint density at radius 3 is 2.54 bits per heavy atom. The SMILES string of the molecule is O=C1CCC(N2Cc3c(SCCCCCCCN4CC(OC(F)(F)F)C4)cccc3C2=O)C(=O)N1. The Kier molecular flexibility index (Phi) is 8.38. The molecule has 4 rings (SSSR count). The first-order valence-corrected chi connectivity index (χ1v) is 13.1. The maximum atomic E-state index is 12.9. The lowest BCUT2D eigenvalue weighted by Gasteiger charge is -2.38. The van der Waals surface area contributed by atoms with Gasteiger partial charge in [0.1, 0.15) is 6.04 Å². The number of hydrogen-bond acceptors (Lipinski definition) is 6. The monoisotopic (exact) mass is 513 g/mol. The molecule has 1 unspecified atom stereocenters. The minimum absolute atomic E-state index is 0.157. The fraction of sp³-hybridized carbons (Fsp3) is 0.625. The van der Waals surface area contributed by atoms with E-state index in [0.29, 0.717) is 31.6 Å². The Balaban J connectivity index is 1.12. The Hall–Kier alpha value is -2.11. The summed E-state index contributed by atoms with van der Waals surface area (Å²) in [6.45, 7) is 1.89. The number of unbranched alkanes of at least 4 members (excludes halogenated alkanes) is 4. The topological polar surface area (TPSA) is 79.0 Å². The minimum Gasteiger partial charge on any atom is -0.322 e. The molecular weight excluding hydrogens is 483 g/mol. The van der Waals surface area contributed by atoms with Crippen LogP contribution in [0.5, 0.6) is 0 Å². The van der Waals surface area contributed by atoms with Gasteiger partial charge in [-0.05, 0) is 49.3 Å². The van der Waals surface area contributed by atoms with Crippen LogP contribution in [0, 0.1) is 0 Å². The molecule has 1 atom stereocenters. The number of carbonyl (C=O) groups excluding carboxylic acids is 3. The second kappa shape index (κ2) is 11.3. The summed E-state index contributed by atoms with van der Waals surface area (Å²) in [5.41, 5.74) is 1.59. The first-order chi connectivity index (χ1) is 16.7. The molecule has 2 saturated heterocycles. The molecule has 0 aromatic heterocycles. The number of ether oxygens (including phenoxy) is 1. The molecule has 0 saturated carbocycles. The van der Waals surface area contributed by atoms with E-state index in [2.05, 4.69) is 10.1 Å². The lowest BCUT2D eigenvalue weighted by atomic mass is 10.0. The first-order valence-electron chi connectivity index (χ1n) is 12.1. The summed E-state index contributed by atoms with van der Waals surface area (Å²) in [7, 11) is 0. The highest BCUT2D eigenvalue weighted by atomic mass is 32.2. The molecule has 0 bridgehead atoms. The third-order valence-corrected chi connectivity index (χ3v) is 7.83. The number of alkyl halides is 3. The lowest BCUT2D eigenvalue weighted by molar-refractivity contribution is -0.354. The Morgan fingerprint density at radius 2 is 1.80 bits per heavy atom. The van der Waals surface area contributed by atoms with Gasteiger partial charge in [0.25, 0.3) is 5.91 Å². The van der Waals surface area contributed by atoms with Gasteiger partial charge in [0.15, 0.2) is 0 Å². The molecule has 1 aromatic rings. The number of nitrogens with one attached hydrogen (secondary N) is 1. The van der Waals surface area contributed by atoms with Gasteiger partial charge in [0.2, 0.25) is 11.8 Å². The van der Waals surface area contributed by atoms with Crippen molar-refractivity contribution >= 4 is 29.5 Å². The van der Waals surface area contributed by atoms with Gasteiger partial charge in [0.05, 0.1) is 6.10 Å². The van der Waals surface area contributed by atoms with E-state index in [0.717, 1.165) is 54.9 Å². The van der Waals surface area contributed by atoms with E-state index in [4.69, 9.17) is 0 Å². The molecule has 7 nitrogen and oxygen atoms in total. The highest BCUT2D eigenvalue weighted by Crippen LogP contribution is 2.34. The number of imide groups is 1. The highest BCUT2D eigenvalue weighted by molar-refractivity contribution is 7.99. The number of benzene rings is 1. The van der Waals surface area contributed by atoms with Crippen molar-refractivity contribution in [2.75, 3.05) is 25.4 Å². The second-order valence-electron chi connectivity index (χ2n) is 9.24. The molecule has 1 aromatic carbocycles. The van der Waals surface area contributed by atoms with Crippen LogP contribution in [0.4, 0.5) is 13.2 Å². The van der Waals surface area contributed by atoms with Crippen LogP contribution in [0.2, 0.25) is 0 Å². The average molecular weight is 514 g/mol. The zero-order valence-corrected chi connectivity index (χ0v) is 20.3. The molecule has 11 heteroatoms. The number of rotatable bonds is 11. The summed E-state index contributed by atoms with van der Waals surface area (Å²) in [5.74, 6) is 0.0676. The molecule has 3 amide bonds. The number of piperidine rings is 1. The smallest absolute Gasteiger partial charge is 0.322 e. The van der Waals surface area contributed by atoms with Crippen molar-refractivity contribution in [1.29, 1.82) is 0 Å². The molecule has 3 aliphatic rings. The standard InChI is InChI=1S/C24H30F3N3O4S/c25-24(26,27)34-16-13-29(14-16)11-4-2-1-3-5-12-35-20-8-6-7-17-18(20)15-30(23(17)33)19-9-10-21(31)28-22(19)32/h6-8,16,19H,1-5,9-15H2,(H,28,31,32). The number of carbonyl (C=O) groups is 3. The van der Waals surface area contributed by atoms with Gasteiger partial charge in [0, 0.05) is 36.5 Å². The van der Waals surface area contributed by atoms with Gasteiger partial charge in [-0.25, -0.2) is 0 Å². The van der Waals surface area contributed by atoms with E-state index >= 15 is 0 Å². The summed E-state index contributed by atoms with van der Waals surface area (Å²) in [6, 6.07) is 5.06. The summed E-state index contributed by atoms with van der Waals surface area (Å²) in [6.07, 6.45) is 0.516. The fourth-order valence-electron chi connectivity index (χ4n) is 4.81. The van der Waals surface area contributed by atoms with E-state index in [9.17, 15) is 27.6 Å². The van der Waals surface area contributed by atoms with Crippen molar-refractivity contribution in [3.63, 3.8) is 0 Å². The van der Waals surface area contributed by atoms with Crippen molar-refractivity contribution in [1.82, 2.24) is 15.1 Å². The van der Waals surface area contributed by atoms with E-state index < -0.39 is 24.4 Å². The van der Waals surface area contributed by atoms with Crippen LogP contribution in [0.3, 0.4) is 0 Å². The molecule has 0 spiro atoms. The fourth-order valence-corrected chi connectivity index (χ4v) is 5.90. The molecule has 35 heavy (non-hydrogen) atoms. The summed E-state index contributed by atoms with van der Waals surface area (Å²) < 4.78 is 40.4. The molecule has 0 aliphatic carbocycles. The quantitative estimate of drug-likeness (QED) is 0.276. The van der Waals surface area contributed by atoms with Crippen LogP contribution in [-0.2, 0) is 20.9 Å². The maximum absolute atomic E-state index is 12.9. The third kappa shape index (κ3) is 6.77. The Bertz CT molecular complexity index is 952. The van der Waals surface area contributed by atoms with Crippen molar-refractivity contribution in [2.24, 2.45) is 0 Å². The lowest BCUT2D eigenvalue weighted by Crippen LogP contribution is -2.53. The van der Waals surface area contributed by atoms with Crippen LogP contribution >= 0.6 is 11.8 Å². The van der Waals surface area contributed by atoms with E-state index in [1.54, 1.807) is 22.7 Å². The minimum atomic E-state index is -4.54. The molecule has 3 aliphatic heterocycles. The normalized spacial score (nSPS) is 21.3. The number of nitrogens with zero attached hydrogens (tertiary/aromatic N) is 2. The van der Waals surface area contributed by atoms with Gasteiger partial charge >= 0.3 is 6.36 Å². The molecule has 192 valence electrons. The molecule has 1 N–H and O–H groups in total. The summed E-state index contributed by atoms with van der Waals surface area (Å²) >= 11 is 1.72. The van der Waals surface area contributed by atoms with Gasteiger partial charge in [-0.15, -0.1) is 24.9 Å². The van der Waals surface area contributed by atoms with E-state index in [1.165, 1.54) is 0 Å². The highest BCUT2D eigenvalue weighted by Gasteiger charge is 2.40. The zero-order valence-electron chi connectivity index (χ0n) is 19.4. The average Bonchev–Trinajstić information content (AvgIpc) is 3.10. The Morgan fingerprint density at radius 1 is 1.06 bits per heavy atom. The molecular formula is C24H30F3N3O4S. The number of likely N-dealkylation sites (tertiary alicyclic amines) is 1. The van der Waals surface area contributed by atoms with Gasteiger partial charge in [-0.3, -0.25) is 29.3 Å². The molecule has 3 heterocycles. The predicted octanol–water partition coefficient (Wildman–Crippen LogP) is 3.71. The largest absolute Gasteiger partial charge is 0.522 e. The first kappa shape index (κ1) is 26.0. The van der Waals surface area contributed by atoms with Gasteiger partial charge in [-0.2, -0.15) is 0 Å². The van der Waals surface area contributed by atoms with Crippen LogP contribution in [-0.4, -0.2) is 71.4 Å². The van der Waals surface area contributed by atoms with Crippen molar-refractivity contribution in [3.05, 3.63) is 29.3 Å². The predicted molar refractivity (Wildman–Crippen MR) is 124 cm³/mol. The van der Waals surface area contributed by atoms with Crippen LogP contribution < -0.4 is 5.32 Å². The number of halogens is 3. The summed E-state index contributed by atoms with van der Waals surface area (Å²) in [4.78, 5) is 41.2. The van der Waals surface area contributed by atoms with Crippen molar-refractivity contribution < 1.29 is 32.3 Å².